The molecule has 0 spiro atoms. The van der Waals surface area contributed by atoms with Crippen LogP contribution in [0.15, 0.2) is 66.7 Å². The Balaban J connectivity index is 1.37. The average Bonchev–Trinajstić information content (AvgIpc) is 2.87. The van der Waals surface area contributed by atoms with Gasteiger partial charge in [0.1, 0.15) is 13.2 Å². The lowest BCUT2D eigenvalue weighted by Crippen LogP contribution is -2.20. The average molecular weight is 459 g/mol. The first-order valence-electron chi connectivity index (χ1n) is 10.8. The fourth-order valence-electron chi connectivity index (χ4n) is 3.35. The summed E-state index contributed by atoms with van der Waals surface area (Å²) >= 11 is 0. The Morgan fingerprint density at radius 1 is 0.941 bits per heavy atom. The highest BCUT2D eigenvalue weighted by Gasteiger charge is 2.14. The van der Waals surface area contributed by atoms with Crippen LogP contribution in [0, 0.1) is 6.92 Å². The van der Waals surface area contributed by atoms with Gasteiger partial charge in [-0.05, 0) is 61.0 Å². The normalized spacial score (nSPS) is 12.3. The molecule has 1 aliphatic rings. The van der Waals surface area contributed by atoms with E-state index in [1.165, 1.54) is 13.2 Å². The highest BCUT2D eigenvalue weighted by atomic mass is 16.6. The van der Waals surface area contributed by atoms with E-state index in [1.807, 2.05) is 31.2 Å². The Labute approximate surface area is 197 Å². The summed E-state index contributed by atoms with van der Waals surface area (Å²) in [4.78, 5) is 24.8. The van der Waals surface area contributed by atoms with E-state index >= 15 is 0 Å². The molecule has 7 nitrogen and oxygen atoms in total. The van der Waals surface area contributed by atoms with Gasteiger partial charge in [-0.1, -0.05) is 29.8 Å². The molecule has 1 amide bonds. The van der Waals surface area contributed by atoms with E-state index in [0.29, 0.717) is 47.5 Å². The van der Waals surface area contributed by atoms with Crippen LogP contribution in [-0.2, 0) is 4.79 Å². The van der Waals surface area contributed by atoms with Crippen LogP contribution in [0.5, 0.6) is 23.0 Å². The number of ether oxygens (including phenoxy) is 4. The van der Waals surface area contributed by atoms with Crippen molar-refractivity contribution in [2.24, 2.45) is 0 Å². The molecule has 3 aromatic rings. The zero-order chi connectivity index (χ0) is 23.9. The second-order valence-electron chi connectivity index (χ2n) is 7.67. The summed E-state index contributed by atoms with van der Waals surface area (Å²) in [6, 6.07) is 17.9. The molecule has 3 aromatic carbocycles. The van der Waals surface area contributed by atoms with Gasteiger partial charge in [0.15, 0.2) is 35.4 Å². The summed E-state index contributed by atoms with van der Waals surface area (Å²) in [7, 11) is 1.52. The summed E-state index contributed by atoms with van der Waals surface area (Å²) in [5.41, 5.74) is 3.07. The Hall–Kier alpha value is -4.26. The second kappa shape index (κ2) is 10.6. The van der Waals surface area contributed by atoms with Gasteiger partial charge in [-0.3, -0.25) is 9.59 Å². The van der Waals surface area contributed by atoms with Gasteiger partial charge in [-0.25, -0.2) is 0 Å². The third-order valence-corrected chi connectivity index (χ3v) is 5.14. The molecular weight excluding hydrogens is 434 g/mol. The zero-order valence-corrected chi connectivity index (χ0v) is 19.0. The van der Waals surface area contributed by atoms with E-state index in [-0.39, 0.29) is 18.3 Å². The monoisotopic (exact) mass is 459 g/mol. The standard InChI is InChI=1S/C27H25NO6/c1-18-3-8-21(9-4-18)28-27(30)17-34-23-11-6-19(15-25(23)31-2)5-10-22(29)20-7-12-24-26(16-20)33-14-13-32-24/h3-12,15-16H,13-14,17H2,1-2H3,(H,28,30)/b10-5+. The molecule has 0 unspecified atom stereocenters. The van der Waals surface area contributed by atoms with Crippen LogP contribution in [0.1, 0.15) is 21.5 Å². The summed E-state index contributed by atoms with van der Waals surface area (Å²) in [5.74, 6) is 1.65. The third-order valence-electron chi connectivity index (χ3n) is 5.14. The van der Waals surface area contributed by atoms with E-state index in [0.717, 1.165) is 11.1 Å². The van der Waals surface area contributed by atoms with E-state index < -0.39 is 0 Å². The lowest BCUT2D eigenvalue weighted by molar-refractivity contribution is -0.118. The number of aryl methyl sites for hydroxylation is 1. The predicted molar refractivity (Wildman–Crippen MR) is 129 cm³/mol. The van der Waals surface area contributed by atoms with Gasteiger partial charge < -0.3 is 24.3 Å². The topological polar surface area (TPSA) is 83.1 Å². The minimum atomic E-state index is -0.278. The molecule has 0 aliphatic carbocycles. The van der Waals surface area contributed by atoms with Crippen molar-refractivity contribution in [1.82, 2.24) is 0 Å². The first-order chi connectivity index (χ1) is 16.5. The Morgan fingerprint density at radius 2 is 1.71 bits per heavy atom. The number of anilines is 1. The predicted octanol–water partition coefficient (Wildman–Crippen LogP) is 4.69. The number of ketones is 1. The molecule has 0 fully saturated rings. The van der Waals surface area contributed by atoms with Crippen molar-refractivity contribution in [1.29, 1.82) is 0 Å². The lowest BCUT2D eigenvalue weighted by atomic mass is 10.1. The van der Waals surface area contributed by atoms with Crippen LogP contribution in [0.3, 0.4) is 0 Å². The van der Waals surface area contributed by atoms with Crippen LogP contribution < -0.4 is 24.3 Å². The molecule has 7 heteroatoms. The Kier molecular flexibility index (Phi) is 7.13. The molecule has 34 heavy (non-hydrogen) atoms. The summed E-state index contributed by atoms with van der Waals surface area (Å²) in [6.45, 7) is 2.78. The van der Waals surface area contributed by atoms with Gasteiger partial charge in [-0.2, -0.15) is 0 Å². The van der Waals surface area contributed by atoms with Gasteiger partial charge in [0.25, 0.3) is 5.91 Å². The minimum Gasteiger partial charge on any atom is -0.493 e. The molecule has 1 heterocycles. The number of fused-ring (bicyclic) bond motifs is 1. The maximum absolute atomic E-state index is 12.6. The zero-order valence-electron chi connectivity index (χ0n) is 19.0. The molecule has 0 aromatic heterocycles. The smallest absolute Gasteiger partial charge is 0.262 e. The largest absolute Gasteiger partial charge is 0.493 e. The maximum Gasteiger partial charge on any atom is 0.262 e. The van der Waals surface area contributed by atoms with E-state index in [9.17, 15) is 9.59 Å². The molecule has 0 saturated carbocycles. The highest BCUT2D eigenvalue weighted by molar-refractivity contribution is 6.07. The lowest BCUT2D eigenvalue weighted by Gasteiger charge is -2.18. The van der Waals surface area contributed by atoms with Crippen LogP contribution in [0.2, 0.25) is 0 Å². The Morgan fingerprint density at radius 3 is 2.47 bits per heavy atom. The number of amides is 1. The summed E-state index contributed by atoms with van der Waals surface area (Å²) in [5, 5.41) is 2.79. The van der Waals surface area contributed by atoms with Crippen molar-refractivity contribution >= 4 is 23.5 Å². The molecule has 1 N–H and O–H groups in total. The fraction of sp³-hybridized carbons (Fsp3) is 0.185. The molecule has 4 rings (SSSR count). The minimum absolute atomic E-state index is 0.163. The molecule has 0 bridgehead atoms. The van der Waals surface area contributed by atoms with Crippen LogP contribution in [0.25, 0.3) is 6.08 Å². The van der Waals surface area contributed by atoms with Crippen LogP contribution in [-0.4, -0.2) is 38.6 Å². The number of hydrogen-bond acceptors (Lipinski definition) is 6. The van der Waals surface area contributed by atoms with Crippen molar-refractivity contribution in [3.05, 3.63) is 83.4 Å². The van der Waals surface area contributed by atoms with Crippen LogP contribution in [0.4, 0.5) is 5.69 Å². The van der Waals surface area contributed by atoms with E-state index in [1.54, 1.807) is 42.5 Å². The number of nitrogens with one attached hydrogen (secondary N) is 1. The van der Waals surface area contributed by atoms with Crippen molar-refractivity contribution in [3.63, 3.8) is 0 Å². The molecule has 174 valence electrons. The number of carbonyl (C=O) groups excluding carboxylic acids is 2. The summed E-state index contributed by atoms with van der Waals surface area (Å²) in [6.07, 6.45) is 3.17. The van der Waals surface area contributed by atoms with Gasteiger partial charge in [0.2, 0.25) is 0 Å². The third kappa shape index (κ3) is 5.75. The first kappa shape index (κ1) is 22.9. The molecule has 0 radical (unpaired) electrons. The fourth-order valence-corrected chi connectivity index (χ4v) is 3.35. The number of allylic oxidation sites excluding steroid dienone is 1. The Bertz CT molecular complexity index is 1220. The number of hydrogen-bond donors (Lipinski definition) is 1. The van der Waals surface area contributed by atoms with Gasteiger partial charge in [0.05, 0.1) is 7.11 Å². The van der Waals surface area contributed by atoms with Crippen LogP contribution >= 0.6 is 0 Å². The quantitative estimate of drug-likeness (QED) is 0.389. The molecule has 0 saturated heterocycles. The van der Waals surface area contributed by atoms with Gasteiger partial charge >= 0.3 is 0 Å². The van der Waals surface area contributed by atoms with E-state index in [2.05, 4.69) is 5.32 Å². The second-order valence-corrected chi connectivity index (χ2v) is 7.67. The summed E-state index contributed by atoms with van der Waals surface area (Å²) < 4.78 is 22.1. The highest BCUT2D eigenvalue weighted by Crippen LogP contribution is 2.31. The number of benzene rings is 3. The van der Waals surface area contributed by atoms with Crippen molar-refractivity contribution in [2.75, 3.05) is 32.2 Å². The van der Waals surface area contributed by atoms with Gasteiger partial charge in [-0.15, -0.1) is 0 Å². The van der Waals surface area contributed by atoms with E-state index in [4.69, 9.17) is 18.9 Å². The maximum atomic E-state index is 12.6. The molecule has 1 aliphatic heterocycles. The van der Waals surface area contributed by atoms with Gasteiger partial charge in [0, 0.05) is 11.3 Å². The van der Waals surface area contributed by atoms with Crippen molar-refractivity contribution < 1.29 is 28.5 Å². The SMILES string of the molecule is COc1cc(/C=C/C(=O)c2ccc3c(c2)OCCO3)ccc1OCC(=O)Nc1ccc(C)cc1. The van der Waals surface area contributed by atoms with Crippen molar-refractivity contribution in [2.45, 2.75) is 6.92 Å². The van der Waals surface area contributed by atoms with Crippen molar-refractivity contribution in [3.8, 4) is 23.0 Å². The molecular formula is C27H25NO6. The first-order valence-corrected chi connectivity index (χ1v) is 10.8. The number of methoxy groups -OCH3 is 1. The number of carbonyl (C=O) groups is 2. The molecule has 0 atom stereocenters. The number of rotatable bonds is 8.